The van der Waals surface area contributed by atoms with Crippen molar-refractivity contribution in [2.75, 3.05) is 10.6 Å². The highest BCUT2D eigenvalue weighted by Crippen LogP contribution is 2.37. The molecule has 5 nitrogen and oxygen atoms in total. The molecule has 3 aromatic carbocycles. The Kier molecular flexibility index (Phi) is 4.30. The van der Waals surface area contributed by atoms with Gasteiger partial charge in [0.15, 0.2) is 5.75 Å². The molecule has 1 heterocycles. The molecule has 0 saturated carbocycles. The van der Waals surface area contributed by atoms with Crippen molar-refractivity contribution >= 4 is 34.8 Å². The van der Waals surface area contributed by atoms with Crippen molar-refractivity contribution in [3.05, 3.63) is 82.4 Å². The van der Waals surface area contributed by atoms with Gasteiger partial charge in [0.2, 0.25) is 0 Å². The fraction of sp³-hybridized carbons (Fsp3) is 0.0476. The second-order valence-corrected chi connectivity index (χ2v) is 6.67. The van der Waals surface area contributed by atoms with E-state index < -0.39 is 0 Å². The third kappa shape index (κ3) is 3.50. The minimum atomic E-state index is -0.335. The maximum absolute atomic E-state index is 12.6. The van der Waals surface area contributed by atoms with Gasteiger partial charge in [-0.3, -0.25) is 9.59 Å². The lowest BCUT2D eigenvalue weighted by Crippen LogP contribution is -2.14. The van der Waals surface area contributed by atoms with Crippen molar-refractivity contribution in [2.24, 2.45) is 0 Å². The molecular weight excluding hydrogens is 364 g/mol. The number of carbonyl (C=O) groups is 2. The number of carbonyl (C=O) groups excluding carboxylic acids is 2. The average Bonchev–Trinajstić information content (AvgIpc) is 2.77. The summed E-state index contributed by atoms with van der Waals surface area (Å²) in [6.07, 6.45) is 0. The van der Waals surface area contributed by atoms with Crippen LogP contribution in [-0.4, -0.2) is 11.8 Å². The van der Waals surface area contributed by atoms with E-state index >= 15 is 0 Å². The van der Waals surface area contributed by atoms with Crippen molar-refractivity contribution in [3.63, 3.8) is 0 Å². The quantitative estimate of drug-likeness (QED) is 0.639. The number of anilines is 2. The number of benzene rings is 3. The number of hydrogen-bond donors (Lipinski definition) is 2. The summed E-state index contributed by atoms with van der Waals surface area (Å²) in [6, 6.07) is 17.2. The van der Waals surface area contributed by atoms with E-state index in [0.717, 1.165) is 5.56 Å². The number of aryl methyl sites for hydroxylation is 1. The Hall–Kier alpha value is -3.31. The van der Waals surface area contributed by atoms with E-state index in [0.29, 0.717) is 39.0 Å². The number of halogens is 1. The Bertz CT molecular complexity index is 1080. The van der Waals surface area contributed by atoms with Crippen LogP contribution in [0.15, 0.2) is 60.7 Å². The predicted octanol–water partition coefficient (Wildman–Crippen LogP) is 5.26. The van der Waals surface area contributed by atoms with Gasteiger partial charge >= 0.3 is 0 Å². The lowest BCUT2D eigenvalue weighted by molar-refractivity contribution is 0.101. The van der Waals surface area contributed by atoms with Crippen LogP contribution in [0.5, 0.6) is 11.5 Å². The standard InChI is InChI=1S/C21H15ClN2O3/c1-12-3-2-4-13(9-12)20(25)23-15-6-8-18-16(11-15)21(26)24-17-10-14(22)5-7-19(17)27-18/h2-11H,1H3,(H,23,25)(H,24,26). The summed E-state index contributed by atoms with van der Waals surface area (Å²) < 4.78 is 5.83. The van der Waals surface area contributed by atoms with E-state index in [1.807, 2.05) is 19.1 Å². The highest BCUT2D eigenvalue weighted by Gasteiger charge is 2.22. The lowest BCUT2D eigenvalue weighted by atomic mass is 10.1. The molecule has 3 aromatic rings. The van der Waals surface area contributed by atoms with E-state index in [1.54, 1.807) is 48.5 Å². The summed E-state index contributed by atoms with van der Waals surface area (Å²) in [5.74, 6) is 0.325. The van der Waals surface area contributed by atoms with E-state index in [-0.39, 0.29) is 11.8 Å². The van der Waals surface area contributed by atoms with E-state index in [9.17, 15) is 9.59 Å². The molecule has 1 aliphatic rings. The van der Waals surface area contributed by atoms with Crippen LogP contribution < -0.4 is 15.4 Å². The molecule has 1 aliphatic heterocycles. The maximum atomic E-state index is 12.6. The van der Waals surface area contributed by atoms with Crippen LogP contribution in [0, 0.1) is 6.92 Å². The Morgan fingerprint density at radius 2 is 1.85 bits per heavy atom. The van der Waals surface area contributed by atoms with E-state index in [2.05, 4.69) is 10.6 Å². The number of fused-ring (bicyclic) bond motifs is 2. The largest absolute Gasteiger partial charge is 0.454 e. The smallest absolute Gasteiger partial charge is 0.259 e. The average molecular weight is 379 g/mol. The van der Waals surface area contributed by atoms with Gasteiger partial charge < -0.3 is 15.4 Å². The molecule has 134 valence electrons. The zero-order valence-electron chi connectivity index (χ0n) is 14.4. The summed E-state index contributed by atoms with van der Waals surface area (Å²) in [5, 5.41) is 6.08. The molecule has 2 amide bonds. The summed E-state index contributed by atoms with van der Waals surface area (Å²) in [7, 11) is 0. The monoisotopic (exact) mass is 378 g/mol. The van der Waals surface area contributed by atoms with Crippen LogP contribution in [0.2, 0.25) is 5.02 Å². The van der Waals surface area contributed by atoms with Crippen LogP contribution in [-0.2, 0) is 0 Å². The van der Waals surface area contributed by atoms with Crippen molar-refractivity contribution < 1.29 is 14.3 Å². The van der Waals surface area contributed by atoms with Crippen LogP contribution in [0.3, 0.4) is 0 Å². The first-order valence-electron chi connectivity index (χ1n) is 8.30. The Morgan fingerprint density at radius 1 is 1.04 bits per heavy atom. The number of rotatable bonds is 2. The minimum Gasteiger partial charge on any atom is -0.454 e. The van der Waals surface area contributed by atoms with Crippen LogP contribution in [0.4, 0.5) is 11.4 Å². The molecule has 0 aliphatic carbocycles. The first-order valence-corrected chi connectivity index (χ1v) is 8.68. The second-order valence-electron chi connectivity index (χ2n) is 6.23. The van der Waals surface area contributed by atoms with Crippen molar-refractivity contribution in [3.8, 4) is 11.5 Å². The third-order valence-corrected chi connectivity index (χ3v) is 4.41. The molecule has 0 fully saturated rings. The van der Waals surface area contributed by atoms with E-state index in [4.69, 9.17) is 16.3 Å². The third-order valence-electron chi connectivity index (χ3n) is 4.17. The highest BCUT2D eigenvalue weighted by molar-refractivity contribution is 6.31. The predicted molar refractivity (Wildman–Crippen MR) is 105 cm³/mol. The zero-order chi connectivity index (χ0) is 19.0. The topological polar surface area (TPSA) is 67.4 Å². The molecule has 0 unspecified atom stereocenters. The molecule has 0 spiro atoms. The summed E-state index contributed by atoms with van der Waals surface area (Å²) in [6.45, 7) is 1.92. The van der Waals surface area contributed by atoms with Gasteiger partial charge in [0.05, 0.1) is 11.3 Å². The highest BCUT2D eigenvalue weighted by atomic mass is 35.5. The molecule has 6 heteroatoms. The molecular formula is C21H15ClN2O3. The van der Waals surface area contributed by atoms with Gasteiger partial charge in [-0.05, 0) is 55.5 Å². The Labute approximate surface area is 160 Å². The molecule has 27 heavy (non-hydrogen) atoms. The number of amides is 2. The number of nitrogens with one attached hydrogen (secondary N) is 2. The lowest BCUT2D eigenvalue weighted by Gasteiger charge is -2.10. The number of hydrogen-bond acceptors (Lipinski definition) is 3. The first-order chi connectivity index (χ1) is 13.0. The maximum Gasteiger partial charge on any atom is 0.259 e. The van der Waals surface area contributed by atoms with Crippen molar-refractivity contribution in [1.29, 1.82) is 0 Å². The normalized spacial score (nSPS) is 12.1. The molecule has 0 saturated heterocycles. The molecule has 0 aromatic heterocycles. The second kappa shape index (κ2) is 6.78. The van der Waals surface area contributed by atoms with Crippen molar-refractivity contribution in [1.82, 2.24) is 0 Å². The fourth-order valence-corrected chi connectivity index (χ4v) is 3.03. The van der Waals surface area contributed by atoms with E-state index in [1.165, 1.54) is 0 Å². The summed E-state index contributed by atoms with van der Waals surface area (Å²) in [5.41, 5.74) is 2.86. The van der Waals surface area contributed by atoms with Crippen LogP contribution in [0.1, 0.15) is 26.3 Å². The van der Waals surface area contributed by atoms with Crippen molar-refractivity contribution in [2.45, 2.75) is 6.92 Å². The molecule has 0 radical (unpaired) electrons. The van der Waals surface area contributed by atoms with Gasteiger partial charge in [-0.2, -0.15) is 0 Å². The number of ether oxygens (including phenoxy) is 1. The van der Waals surface area contributed by atoms with Gasteiger partial charge in [0.25, 0.3) is 11.8 Å². The molecule has 0 bridgehead atoms. The van der Waals surface area contributed by atoms with Gasteiger partial charge in [0, 0.05) is 16.3 Å². The zero-order valence-corrected chi connectivity index (χ0v) is 15.1. The summed E-state index contributed by atoms with van der Waals surface area (Å²) in [4.78, 5) is 25.0. The van der Waals surface area contributed by atoms with Crippen LogP contribution >= 0.6 is 11.6 Å². The van der Waals surface area contributed by atoms with Gasteiger partial charge in [0.1, 0.15) is 5.75 Å². The molecule has 2 N–H and O–H groups in total. The molecule has 0 atom stereocenters. The minimum absolute atomic E-state index is 0.247. The SMILES string of the molecule is Cc1cccc(C(=O)Nc2ccc3c(c2)C(=O)Nc2cc(Cl)ccc2O3)c1. The molecule has 4 rings (SSSR count). The van der Waals surface area contributed by atoms with Gasteiger partial charge in [-0.15, -0.1) is 0 Å². The van der Waals surface area contributed by atoms with Gasteiger partial charge in [-0.25, -0.2) is 0 Å². The Balaban J connectivity index is 1.63. The fourth-order valence-electron chi connectivity index (χ4n) is 2.86. The van der Waals surface area contributed by atoms with Gasteiger partial charge in [-0.1, -0.05) is 29.3 Å². The summed E-state index contributed by atoms with van der Waals surface area (Å²) >= 11 is 5.99. The first kappa shape index (κ1) is 17.1. The van der Waals surface area contributed by atoms with Crippen LogP contribution in [0.25, 0.3) is 0 Å². The Morgan fingerprint density at radius 3 is 2.67 bits per heavy atom.